The molecule has 3 heterocycles. The molecule has 0 N–H and O–H groups in total. The zero-order chi connectivity index (χ0) is 17.4. The first-order chi connectivity index (χ1) is 12.2. The fourth-order valence-corrected chi connectivity index (χ4v) is 4.96. The standard InChI is InChI=1S/C21H27N3O/c1-15-2-4-17(5-3-15)18-12-19-6-7-20(13-18)24(19)21(25)23-10-8-16(14-22)9-11-23/h2-5,16,18-20H,6-13H2,1H3/t18?,19-,20+. The van der Waals surface area contributed by atoms with E-state index in [1.165, 1.54) is 11.1 Å². The van der Waals surface area contributed by atoms with Crippen molar-refractivity contribution >= 4 is 6.03 Å². The first-order valence-corrected chi connectivity index (χ1v) is 9.69. The highest BCUT2D eigenvalue weighted by atomic mass is 16.2. The molecule has 0 radical (unpaired) electrons. The Morgan fingerprint density at radius 3 is 2.20 bits per heavy atom. The summed E-state index contributed by atoms with van der Waals surface area (Å²) in [5, 5.41) is 9.05. The molecule has 4 heteroatoms. The zero-order valence-electron chi connectivity index (χ0n) is 15.0. The van der Waals surface area contributed by atoms with Crippen molar-refractivity contribution in [2.75, 3.05) is 13.1 Å². The van der Waals surface area contributed by atoms with E-state index < -0.39 is 0 Å². The topological polar surface area (TPSA) is 47.3 Å². The molecule has 2 bridgehead atoms. The van der Waals surface area contributed by atoms with Crippen LogP contribution >= 0.6 is 0 Å². The SMILES string of the molecule is Cc1ccc(C2C[C@H]3CC[C@@H](C2)N3C(=O)N2CCC(C#N)CC2)cc1. The van der Waals surface area contributed by atoms with Gasteiger partial charge in [-0.1, -0.05) is 29.8 Å². The molecule has 4 rings (SSSR count). The second-order valence-corrected chi connectivity index (χ2v) is 8.04. The number of hydrogen-bond acceptors (Lipinski definition) is 2. The maximum atomic E-state index is 13.1. The van der Waals surface area contributed by atoms with Crippen molar-refractivity contribution in [3.8, 4) is 6.07 Å². The number of urea groups is 1. The van der Waals surface area contributed by atoms with Crippen molar-refractivity contribution in [2.45, 2.75) is 63.5 Å². The first kappa shape index (κ1) is 16.4. The number of amides is 2. The summed E-state index contributed by atoms with van der Waals surface area (Å²) in [5.74, 6) is 0.722. The van der Waals surface area contributed by atoms with Gasteiger partial charge in [0.2, 0.25) is 0 Å². The van der Waals surface area contributed by atoms with E-state index in [0.29, 0.717) is 18.0 Å². The number of rotatable bonds is 1. The van der Waals surface area contributed by atoms with Gasteiger partial charge < -0.3 is 9.80 Å². The monoisotopic (exact) mass is 337 g/mol. The Morgan fingerprint density at radius 2 is 1.64 bits per heavy atom. The van der Waals surface area contributed by atoms with E-state index in [1.807, 2.05) is 4.90 Å². The fraction of sp³-hybridized carbons (Fsp3) is 0.619. The van der Waals surface area contributed by atoms with E-state index in [2.05, 4.69) is 42.2 Å². The highest BCUT2D eigenvalue weighted by molar-refractivity contribution is 5.76. The molecular weight excluding hydrogens is 310 g/mol. The van der Waals surface area contributed by atoms with E-state index in [9.17, 15) is 4.79 Å². The third-order valence-electron chi connectivity index (χ3n) is 6.45. The van der Waals surface area contributed by atoms with Gasteiger partial charge in [-0.05, 0) is 56.9 Å². The Labute approximate surface area is 150 Å². The molecule has 3 fully saturated rings. The van der Waals surface area contributed by atoms with Crippen molar-refractivity contribution in [1.29, 1.82) is 5.26 Å². The van der Waals surface area contributed by atoms with Crippen LogP contribution in [0.1, 0.15) is 55.6 Å². The summed E-state index contributed by atoms with van der Waals surface area (Å²) in [5.41, 5.74) is 2.74. The summed E-state index contributed by atoms with van der Waals surface area (Å²) in [7, 11) is 0. The fourth-order valence-electron chi connectivity index (χ4n) is 4.96. The van der Waals surface area contributed by atoms with Crippen LogP contribution in [0.2, 0.25) is 0 Å². The van der Waals surface area contributed by atoms with Gasteiger partial charge in [-0.3, -0.25) is 0 Å². The lowest BCUT2D eigenvalue weighted by Gasteiger charge is -2.42. The zero-order valence-corrected chi connectivity index (χ0v) is 15.0. The molecule has 0 saturated carbocycles. The number of likely N-dealkylation sites (tertiary alicyclic amines) is 1. The van der Waals surface area contributed by atoms with Crippen LogP contribution in [0.3, 0.4) is 0 Å². The van der Waals surface area contributed by atoms with Crippen LogP contribution < -0.4 is 0 Å². The number of benzene rings is 1. The van der Waals surface area contributed by atoms with E-state index in [1.54, 1.807) is 0 Å². The number of aryl methyl sites for hydroxylation is 1. The lowest BCUT2D eigenvalue weighted by atomic mass is 9.85. The molecule has 4 nitrogen and oxygen atoms in total. The highest BCUT2D eigenvalue weighted by Gasteiger charge is 2.45. The minimum absolute atomic E-state index is 0.132. The Kier molecular flexibility index (Phi) is 4.41. The number of carbonyl (C=O) groups excluding carboxylic acids is 1. The van der Waals surface area contributed by atoms with Crippen LogP contribution in [0.15, 0.2) is 24.3 Å². The lowest BCUT2D eigenvalue weighted by molar-refractivity contribution is 0.0959. The molecule has 3 aliphatic heterocycles. The van der Waals surface area contributed by atoms with Gasteiger partial charge in [0.15, 0.2) is 0 Å². The second kappa shape index (κ2) is 6.71. The van der Waals surface area contributed by atoms with Gasteiger partial charge in [0, 0.05) is 31.1 Å². The number of carbonyl (C=O) groups is 1. The summed E-state index contributed by atoms with van der Waals surface area (Å²) in [4.78, 5) is 17.2. The van der Waals surface area contributed by atoms with E-state index in [-0.39, 0.29) is 11.9 Å². The molecule has 2 amide bonds. The summed E-state index contributed by atoms with van der Waals surface area (Å²) in [6.07, 6.45) is 6.15. The summed E-state index contributed by atoms with van der Waals surface area (Å²) >= 11 is 0. The minimum Gasteiger partial charge on any atom is -0.325 e. The van der Waals surface area contributed by atoms with Crippen LogP contribution in [-0.4, -0.2) is 41.0 Å². The van der Waals surface area contributed by atoms with Gasteiger partial charge >= 0.3 is 6.03 Å². The summed E-state index contributed by atoms with van der Waals surface area (Å²) in [6, 6.07) is 12.3. The molecular formula is C21H27N3O. The molecule has 1 aromatic carbocycles. The molecule has 0 spiro atoms. The van der Waals surface area contributed by atoms with E-state index >= 15 is 0 Å². The second-order valence-electron chi connectivity index (χ2n) is 8.04. The van der Waals surface area contributed by atoms with Gasteiger partial charge in [-0.25, -0.2) is 4.79 Å². The summed E-state index contributed by atoms with van der Waals surface area (Å²) in [6.45, 7) is 3.62. The molecule has 0 aliphatic carbocycles. The maximum Gasteiger partial charge on any atom is 0.320 e. The lowest BCUT2D eigenvalue weighted by Crippen LogP contribution is -2.53. The van der Waals surface area contributed by atoms with Crippen molar-refractivity contribution in [2.24, 2.45) is 5.92 Å². The number of nitriles is 1. The van der Waals surface area contributed by atoms with Crippen LogP contribution in [0.4, 0.5) is 4.79 Å². The molecule has 3 saturated heterocycles. The first-order valence-electron chi connectivity index (χ1n) is 9.69. The van der Waals surface area contributed by atoms with E-state index in [0.717, 1.165) is 51.6 Å². The Morgan fingerprint density at radius 1 is 1.04 bits per heavy atom. The highest BCUT2D eigenvalue weighted by Crippen LogP contribution is 2.43. The number of fused-ring (bicyclic) bond motifs is 2. The van der Waals surface area contributed by atoms with E-state index in [4.69, 9.17) is 5.26 Å². The molecule has 1 unspecified atom stereocenters. The van der Waals surface area contributed by atoms with Gasteiger partial charge in [0.05, 0.1) is 6.07 Å². The maximum absolute atomic E-state index is 13.1. The average Bonchev–Trinajstić information content (AvgIpc) is 2.91. The third kappa shape index (κ3) is 3.13. The number of hydrogen-bond donors (Lipinski definition) is 0. The van der Waals surface area contributed by atoms with Gasteiger partial charge in [-0.15, -0.1) is 0 Å². The Hall–Kier alpha value is -2.02. The van der Waals surface area contributed by atoms with Gasteiger partial charge in [0.1, 0.15) is 0 Å². The quantitative estimate of drug-likeness (QED) is 0.776. The molecule has 3 atom stereocenters. The molecule has 25 heavy (non-hydrogen) atoms. The third-order valence-corrected chi connectivity index (χ3v) is 6.45. The van der Waals surface area contributed by atoms with Crippen molar-refractivity contribution < 1.29 is 4.79 Å². The molecule has 0 aromatic heterocycles. The number of nitrogens with zero attached hydrogens (tertiary/aromatic N) is 3. The molecule has 3 aliphatic rings. The predicted octanol–water partition coefficient (Wildman–Crippen LogP) is 4.06. The smallest absolute Gasteiger partial charge is 0.320 e. The van der Waals surface area contributed by atoms with Crippen LogP contribution in [0, 0.1) is 24.2 Å². The Bertz CT molecular complexity index is 655. The Balaban J connectivity index is 1.43. The average molecular weight is 337 g/mol. The number of piperidine rings is 2. The van der Waals surface area contributed by atoms with Gasteiger partial charge in [-0.2, -0.15) is 5.26 Å². The van der Waals surface area contributed by atoms with Gasteiger partial charge in [0.25, 0.3) is 0 Å². The predicted molar refractivity (Wildman–Crippen MR) is 97.1 cm³/mol. The molecule has 1 aromatic rings. The van der Waals surface area contributed by atoms with Crippen LogP contribution in [0.5, 0.6) is 0 Å². The molecule has 132 valence electrons. The minimum atomic E-state index is 0.132. The van der Waals surface area contributed by atoms with Crippen molar-refractivity contribution in [3.05, 3.63) is 35.4 Å². The van der Waals surface area contributed by atoms with Crippen molar-refractivity contribution in [1.82, 2.24) is 9.80 Å². The van der Waals surface area contributed by atoms with Crippen molar-refractivity contribution in [3.63, 3.8) is 0 Å². The summed E-state index contributed by atoms with van der Waals surface area (Å²) < 4.78 is 0. The van der Waals surface area contributed by atoms with Crippen LogP contribution in [-0.2, 0) is 0 Å². The largest absolute Gasteiger partial charge is 0.325 e. The van der Waals surface area contributed by atoms with Crippen LogP contribution in [0.25, 0.3) is 0 Å². The normalized spacial score (nSPS) is 29.5.